The minimum Gasteiger partial charge on any atom is -0.346 e. The van der Waals surface area contributed by atoms with Crippen LogP contribution in [0, 0.1) is 29.1 Å². The number of aromatic nitrogens is 1. The highest BCUT2D eigenvalue weighted by Crippen LogP contribution is 2.31. The van der Waals surface area contributed by atoms with E-state index in [1.807, 2.05) is 34.6 Å². The summed E-state index contributed by atoms with van der Waals surface area (Å²) in [7, 11) is 0. The van der Waals surface area contributed by atoms with Crippen LogP contribution in [0.1, 0.15) is 116 Å². The molecule has 3 atom stereocenters. The van der Waals surface area contributed by atoms with Gasteiger partial charge in [-0.2, -0.15) is 0 Å². The summed E-state index contributed by atoms with van der Waals surface area (Å²) >= 11 is 0. The van der Waals surface area contributed by atoms with E-state index in [2.05, 4.69) is 10.3 Å². The van der Waals surface area contributed by atoms with Gasteiger partial charge in [0.05, 0.1) is 12.0 Å². The molecule has 41 heavy (non-hydrogen) atoms. The lowest BCUT2D eigenvalue weighted by Gasteiger charge is -2.30. The summed E-state index contributed by atoms with van der Waals surface area (Å²) in [6.45, 7) is 12.3. The molecule has 1 amide bonds. The number of nitrogens with zero attached hydrogens (tertiary/aromatic N) is 1. The zero-order valence-corrected chi connectivity index (χ0v) is 25.9. The average Bonchev–Trinajstić information content (AvgIpc) is 2.89. The van der Waals surface area contributed by atoms with E-state index in [1.54, 1.807) is 19.1 Å². The molecule has 0 unspecified atom stereocenters. The van der Waals surface area contributed by atoms with Crippen LogP contribution in [0.2, 0.25) is 0 Å². The van der Waals surface area contributed by atoms with Gasteiger partial charge in [-0.3, -0.25) is 33.8 Å². The third kappa shape index (κ3) is 10.7. The Bertz CT molecular complexity index is 1110. The Morgan fingerprint density at radius 2 is 1.59 bits per heavy atom. The van der Waals surface area contributed by atoms with Gasteiger partial charge in [0.1, 0.15) is 5.78 Å². The molecule has 1 heterocycles. The molecule has 1 saturated carbocycles. The molecule has 226 valence electrons. The van der Waals surface area contributed by atoms with Crippen molar-refractivity contribution in [2.75, 3.05) is 0 Å². The van der Waals surface area contributed by atoms with Crippen molar-refractivity contribution in [3.8, 4) is 0 Å². The highest BCUT2D eigenvalue weighted by atomic mass is 16.2. The second kappa shape index (κ2) is 15.3. The average molecular weight is 569 g/mol. The van der Waals surface area contributed by atoms with E-state index in [9.17, 15) is 28.8 Å². The van der Waals surface area contributed by atoms with Crippen molar-refractivity contribution in [2.24, 2.45) is 29.1 Å². The van der Waals surface area contributed by atoms with E-state index >= 15 is 0 Å². The molecule has 0 aromatic carbocycles. The largest absolute Gasteiger partial charge is 0.346 e. The lowest BCUT2D eigenvalue weighted by molar-refractivity contribution is -0.142. The number of amides is 1. The molecule has 0 saturated heterocycles. The zero-order valence-electron chi connectivity index (χ0n) is 25.9. The molecule has 8 heteroatoms. The summed E-state index contributed by atoms with van der Waals surface area (Å²) in [6.07, 6.45) is 6.93. The smallest absolute Gasteiger partial charge is 0.224 e. The van der Waals surface area contributed by atoms with E-state index < -0.39 is 40.8 Å². The van der Waals surface area contributed by atoms with Crippen molar-refractivity contribution in [2.45, 2.75) is 112 Å². The molecule has 0 spiro atoms. The Morgan fingerprint density at radius 3 is 2.10 bits per heavy atom. The lowest BCUT2D eigenvalue weighted by Crippen LogP contribution is -2.46. The van der Waals surface area contributed by atoms with Gasteiger partial charge in [0, 0.05) is 49.1 Å². The Kier molecular flexibility index (Phi) is 12.7. The quantitative estimate of drug-likeness (QED) is 0.225. The van der Waals surface area contributed by atoms with Crippen LogP contribution in [0.25, 0.3) is 0 Å². The Hall–Kier alpha value is -3.03. The maximum Gasteiger partial charge on any atom is 0.224 e. The second-order valence-corrected chi connectivity index (χ2v) is 13.2. The van der Waals surface area contributed by atoms with Crippen LogP contribution in [0.3, 0.4) is 0 Å². The maximum atomic E-state index is 13.3. The van der Waals surface area contributed by atoms with Crippen molar-refractivity contribution in [3.05, 3.63) is 29.6 Å². The van der Waals surface area contributed by atoms with Gasteiger partial charge in [-0.15, -0.1) is 0 Å². The van der Waals surface area contributed by atoms with Crippen LogP contribution in [0.15, 0.2) is 18.3 Å². The molecule has 0 bridgehead atoms. The molecule has 8 nitrogen and oxygen atoms in total. The molecule has 1 aromatic rings. The standard InChI is InChI=1S/C33H48N2O6/c1-20(2)26(31(40)30(39)16-23-11-9-8-10-12-23)17-28(37)22(4)35-32(41)27(33(5,6)7)18-29(38)24-13-14-25(34-19-24)15-21(3)36/h13-14,19-20,22-23,26-27H,8-12,15-18H2,1-7H3,(H,35,41)/t22-,26-,27+/m0/s1. The number of rotatable bonds is 15. The molecule has 0 aliphatic heterocycles. The predicted molar refractivity (Wildman–Crippen MR) is 157 cm³/mol. The van der Waals surface area contributed by atoms with Crippen LogP contribution >= 0.6 is 0 Å². The fourth-order valence-electron chi connectivity index (χ4n) is 5.42. The highest BCUT2D eigenvalue weighted by Gasteiger charge is 2.36. The fourth-order valence-corrected chi connectivity index (χ4v) is 5.42. The Balaban J connectivity index is 2.04. The van der Waals surface area contributed by atoms with Gasteiger partial charge < -0.3 is 5.32 Å². The molecular formula is C33H48N2O6. The summed E-state index contributed by atoms with van der Waals surface area (Å²) in [5, 5.41) is 2.76. The molecule has 1 aliphatic rings. The number of carbonyl (C=O) groups is 6. The van der Waals surface area contributed by atoms with Crippen LogP contribution in [0.5, 0.6) is 0 Å². The first-order valence-corrected chi connectivity index (χ1v) is 15.0. The molecule has 1 aromatic heterocycles. The highest BCUT2D eigenvalue weighted by molar-refractivity contribution is 6.38. The first-order valence-electron chi connectivity index (χ1n) is 15.0. The first-order chi connectivity index (χ1) is 19.1. The molecular weight excluding hydrogens is 520 g/mol. The minimum absolute atomic E-state index is 0.0279. The number of ketones is 5. The van der Waals surface area contributed by atoms with Crippen LogP contribution in [-0.4, -0.2) is 45.8 Å². The van der Waals surface area contributed by atoms with Crippen LogP contribution < -0.4 is 5.32 Å². The number of hydrogen-bond acceptors (Lipinski definition) is 7. The van der Waals surface area contributed by atoms with Crippen molar-refractivity contribution in [1.29, 1.82) is 0 Å². The van der Waals surface area contributed by atoms with Crippen LogP contribution in [-0.2, 0) is 30.4 Å². The van der Waals surface area contributed by atoms with Gasteiger partial charge in [0.25, 0.3) is 0 Å². The van der Waals surface area contributed by atoms with E-state index in [-0.39, 0.29) is 54.9 Å². The van der Waals surface area contributed by atoms with Gasteiger partial charge >= 0.3 is 0 Å². The molecule has 1 aliphatic carbocycles. The van der Waals surface area contributed by atoms with Gasteiger partial charge in [-0.05, 0) is 43.2 Å². The van der Waals surface area contributed by atoms with Crippen molar-refractivity contribution in [1.82, 2.24) is 10.3 Å². The summed E-state index contributed by atoms with van der Waals surface area (Å²) in [5.74, 6) is -3.31. The van der Waals surface area contributed by atoms with Crippen LogP contribution in [0.4, 0.5) is 0 Å². The monoisotopic (exact) mass is 568 g/mol. The minimum atomic E-state index is -0.877. The van der Waals surface area contributed by atoms with E-state index in [1.165, 1.54) is 19.5 Å². The second-order valence-electron chi connectivity index (χ2n) is 13.2. The first kappa shape index (κ1) is 34.2. The van der Waals surface area contributed by atoms with Crippen molar-refractivity contribution < 1.29 is 28.8 Å². The SMILES string of the molecule is CC(=O)Cc1ccc(C(=O)C[C@H](C(=O)N[C@@H](C)C(=O)C[C@H](C(=O)C(=O)CC2CCCCC2)C(C)C)C(C)(C)C)cn1. The Labute approximate surface area is 244 Å². The summed E-state index contributed by atoms with van der Waals surface area (Å²) < 4.78 is 0. The summed E-state index contributed by atoms with van der Waals surface area (Å²) in [6, 6.07) is 2.36. The topological polar surface area (TPSA) is 127 Å². The van der Waals surface area contributed by atoms with Crippen molar-refractivity contribution >= 4 is 34.8 Å². The number of Topliss-reactive ketones (excluding diaryl/α,β-unsaturated/α-hetero) is 5. The molecule has 2 rings (SSSR count). The van der Waals surface area contributed by atoms with Gasteiger partial charge in [0.15, 0.2) is 17.3 Å². The maximum absolute atomic E-state index is 13.3. The van der Waals surface area contributed by atoms with E-state index in [4.69, 9.17) is 0 Å². The molecule has 0 radical (unpaired) electrons. The summed E-state index contributed by atoms with van der Waals surface area (Å²) in [5.41, 5.74) is 0.340. The van der Waals surface area contributed by atoms with Gasteiger partial charge in [0.2, 0.25) is 11.7 Å². The van der Waals surface area contributed by atoms with E-state index in [0.717, 1.165) is 25.7 Å². The number of pyridine rings is 1. The zero-order chi connectivity index (χ0) is 30.9. The number of hydrogen-bond donors (Lipinski definition) is 1. The number of carbonyl (C=O) groups excluding carboxylic acids is 6. The molecule has 1 N–H and O–H groups in total. The third-order valence-corrected chi connectivity index (χ3v) is 8.21. The van der Waals surface area contributed by atoms with Gasteiger partial charge in [-0.25, -0.2) is 0 Å². The summed E-state index contributed by atoms with van der Waals surface area (Å²) in [4.78, 5) is 80.9. The Morgan fingerprint density at radius 1 is 0.951 bits per heavy atom. The normalized spacial score (nSPS) is 16.5. The third-order valence-electron chi connectivity index (χ3n) is 8.21. The fraction of sp³-hybridized carbons (Fsp3) is 0.667. The van der Waals surface area contributed by atoms with Crippen molar-refractivity contribution in [3.63, 3.8) is 0 Å². The van der Waals surface area contributed by atoms with E-state index in [0.29, 0.717) is 11.3 Å². The van der Waals surface area contributed by atoms with Gasteiger partial charge in [-0.1, -0.05) is 66.7 Å². The predicted octanol–water partition coefficient (Wildman–Crippen LogP) is 5.29. The molecule has 1 fully saturated rings. The number of nitrogens with one attached hydrogen (secondary N) is 1. The lowest BCUT2D eigenvalue weighted by atomic mass is 9.76.